The molecule has 2 heterocycles. The van der Waals surface area contributed by atoms with Gasteiger partial charge in [-0.15, -0.1) is 0 Å². The summed E-state index contributed by atoms with van der Waals surface area (Å²) >= 11 is 6.72. The molecule has 1 fully saturated rings. The molecule has 8 heteroatoms. The molecule has 190 valence electrons. The number of hydrogen-bond acceptors (Lipinski definition) is 5. The highest BCUT2D eigenvalue weighted by Crippen LogP contribution is 2.42. The summed E-state index contributed by atoms with van der Waals surface area (Å²) in [6.45, 7) is 5.19. The maximum atomic E-state index is 11.8. The third-order valence-corrected chi connectivity index (χ3v) is 6.76. The van der Waals surface area contributed by atoms with Gasteiger partial charge in [-0.25, -0.2) is 0 Å². The van der Waals surface area contributed by atoms with Crippen molar-refractivity contribution in [2.75, 3.05) is 31.1 Å². The Bertz CT molecular complexity index is 1340. The minimum absolute atomic E-state index is 0.0986. The van der Waals surface area contributed by atoms with Crippen LogP contribution in [-0.2, 0) is 18.0 Å². The monoisotopic (exact) mass is 516 g/mol. The topological polar surface area (TPSA) is 70.7 Å². The summed E-state index contributed by atoms with van der Waals surface area (Å²) in [5, 5.41) is 7.97. The molecule has 0 bridgehead atoms. The molecule has 0 unspecified atom stereocenters. The number of aromatic amines is 1. The summed E-state index contributed by atoms with van der Waals surface area (Å²) in [4.78, 5) is 15.9. The maximum Gasteiger partial charge on any atom is 0.219 e. The maximum absolute atomic E-state index is 11.8. The summed E-state index contributed by atoms with van der Waals surface area (Å²) in [6.07, 6.45) is 1.81. The zero-order chi connectivity index (χ0) is 25.6. The summed E-state index contributed by atoms with van der Waals surface area (Å²) in [5.41, 5.74) is 4.67. The highest BCUT2D eigenvalue weighted by atomic mass is 35.5. The minimum atomic E-state index is 0.0986. The van der Waals surface area contributed by atoms with Gasteiger partial charge in [0, 0.05) is 44.7 Å². The summed E-state index contributed by atoms with van der Waals surface area (Å²) in [7, 11) is 0. The summed E-state index contributed by atoms with van der Waals surface area (Å²) in [5.74, 6) is 1.29. The number of piperazine rings is 1. The predicted octanol–water partition coefficient (Wildman–Crippen LogP) is 5.56. The van der Waals surface area contributed by atoms with Crippen LogP contribution in [0.4, 0.5) is 5.69 Å². The van der Waals surface area contributed by atoms with Crippen LogP contribution in [0.3, 0.4) is 0 Å². The van der Waals surface area contributed by atoms with Crippen molar-refractivity contribution in [2.24, 2.45) is 0 Å². The van der Waals surface area contributed by atoms with Crippen LogP contribution in [0.15, 0.2) is 79.0 Å². The Labute approximate surface area is 221 Å². The van der Waals surface area contributed by atoms with Crippen molar-refractivity contribution in [1.82, 2.24) is 15.1 Å². The molecule has 37 heavy (non-hydrogen) atoms. The molecule has 0 radical (unpaired) electrons. The quantitative estimate of drug-likeness (QED) is 0.332. The number of halogens is 1. The normalized spacial score (nSPS) is 13.5. The van der Waals surface area contributed by atoms with Gasteiger partial charge < -0.3 is 19.3 Å². The summed E-state index contributed by atoms with van der Waals surface area (Å²) in [6, 6.07) is 23.7. The second kappa shape index (κ2) is 11.4. The molecule has 0 atom stereocenters. The number of carbonyl (C=O) groups is 1. The van der Waals surface area contributed by atoms with Crippen molar-refractivity contribution in [1.29, 1.82) is 0 Å². The molecule has 3 aromatic carbocycles. The standard InChI is InChI=1S/C29H29ClN4O3/c1-21(35)33-12-14-34(15-13-33)26-18-31-32-29(26)24-16-25(30)28(37-20-23-10-6-3-7-11-23)17-27(24)36-19-22-8-4-2-5-9-22/h2-11,16-18H,12-15,19-20H2,1H3,(H,31,32). The zero-order valence-electron chi connectivity index (χ0n) is 20.7. The van der Waals surface area contributed by atoms with Crippen LogP contribution in [0, 0.1) is 0 Å². The average molecular weight is 517 g/mol. The van der Waals surface area contributed by atoms with Crippen LogP contribution in [0.1, 0.15) is 18.1 Å². The molecule has 7 nitrogen and oxygen atoms in total. The Kier molecular flexibility index (Phi) is 7.61. The van der Waals surface area contributed by atoms with Gasteiger partial charge in [0.2, 0.25) is 5.91 Å². The Morgan fingerprint density at radius 3 is 2.08 bits per heavy atom. The van der Waals surface area contributed by atoms with Gasteiger partial charge in [0.05, 0.1) is 22.6 Å². The molecule has 1 aliphatic heterocycles. The van der Waals surface area contributed by atoms with Crippen LogP contribution >= 0.6 is 11.6 Å². The molecule has 4 aromatic rings. The van der Waals surface area contributed by atoms with E-state index in [4.69, 9.17) is 21.1 Å². The zero-order valence-corrected chi connectivity index (χ0v) is 21.4. The lowest BCUT2D eigenvalue weighted by atomic mass is 10.1. The Morgan fingerprint density at radius 2 is 1.49 bits per heavy atom. The fraction of sp³-hybridized carbons (Fsp3) is 0.241. The summed E-state index contributed by atoms with van der Waals surface area (Å²) < 4.78 is 12.4. The van der Waals surface area contributed by atoms with Crippen molar-refractivity contribution >= 4 is 23.2 Å². The van der Waals surface area contributed by atoms with E-state index in [1.807, 2.05) is 83.9 Å². The molecule has 5 rings (SSSR count). The van der Waals surface area contributed by atoms with Crippen LogP contribution < -0.4 is 14.4 Å². The predicted molar refractivity (Wildman–Crippen MR) is 145 cm³/mol. The SMILES string of the molecule is CC(=O)N1CCN(c2cn[nH]c2-c2cc(Cl)c(OCc3ccccc3)cc2OCc2ccccc2)CC1. The van der Waals surface area contributed by atoms with Gasteiger partial charge in [-0.1, -0.05) is 72.3 Å². The second-order valence-electron chi connectivity index (χ2n) is 8.95. The van der Waals surface area contributed by atoms with E-state index in [1.165, 1.54) is 0 Å². The van der Waals surface area contributed by atoms with E-state index in [0.29, 0.717) is 42.8 Å². The van der Waals surface area contributed by atoms with E-state index in [-0.39, 0.29) is 5.91 Å². The van der Waals surface area contributed by atoms with Gasteiger partial charge in [0.25, 0.3) is 0 Å². The third kappa shape index (κ3) is 5.89. The van der Waals surface area contributed by atoms with Gasteiger partial charge in [0.15, 0.2) is 0 Å². The van der Waals surface area contributed by atoms with Crippen molar-refractivity contribution in [3.8, 4) is 22.8 Å². The number of nitrogens with zero attached hydrogens (tertiary/aromatic N) is 3. The Hall–Kier alpha value is -3.97. The van der Waals surface area contributed by atoms with E-state index in [1.54, 1.807) is 6.92 Å². The van der Waals surface area contributed by atoms with Crippen molar-refractivity contribution in [3.63, 3.8) is 0 Å². The molecule has 1 amide bonds. The van der Waals surface area contributed by atoms with E-state index >= 15 is 0 Å². The van der Waals surface area contributed by atoms with Crippen LogP contribution in [0.5, 0.6) is 11.5 Å². The van der Waals surface area contributed by atoms with Crippen molar-refractivity contribution in [3.05, 3.63) is 95.1 Å². The fourth-order valence-corrected chi connectivity index (χ4v) is 4.63. The van der Waals surface area contributed by atoms with Gasteiger partial charge in [-0.3, -0.25) is 9.89 Å². The smallest absolute Gasteiger partial charge is 0.219 e. The molecule has 1 N–H and O–H groups in total. The van der Waals surface area contributed by atoms with Crippen LogP contribution in [0.2, 0.25) is 5.02 Å². The Morgan fingerprint density at radius 1 is 0.892 bits per heavy atom. The van der Waals surface area contributed by atoms with E-state index in [9.17, 15) is 4.79 Å². The van der Waals surface area contributed by atoms with E-state index in [2.05, 4.69) is 15.1 Å². The lowest BCUT2D eigenvalue weighted by Gasteiger charge is -2.35. The van der Waals surface area contributed by atoms with Crippen molar-refractivity contribution < 1.29 is 14.3 Å². The first-order chi connectivity index (χ1) is 18.1. The van der Waals surface area contributed by atoms with E-state index in [0.717, 1.165) is 41.2 Å². The number of ether oxygens (including phenoxy) is 2. The number of benzene rings is 3. The van der Waals surface area contributed by atoms with Gasteiger partial charge in [-0.2, -0.15) is 5.10 Å². The number of rotatable bonds is 8. The van der Waals surface area contributed by atoms with E-state index < -0.39 is 0 Å². The van der Waals surface area contributed by atoms with Crippen LogP contribution in [0.25, 0.3) is 11.3 Å². The number of hydrogen-bond donors (Lipinski definition) is 1. The fourth-order valence-electron chi connectivity index (χ4n) is 4.41. The molecule has 0 spiro atoms. The second-order valence-corrected chi connectivity index (χ2v) is 9.36. The number of H-pyrrole nitrogens is 1. The number of aromatic nitrogens is 2. The molecule has 0 aliphatic carbocycles. The minimum Gasteiger partial charge on any atom is -0.488 e. The largest absolute Gasteiger partial charge is 0.488 e. The van der Waals surface area contributed by atoms with Gasteiger partial charge in [-0.05, 0) is 17.2 Å². The molecular formula is C29H29ClN4O3. The number of amides is 1. The van der Waals surface area contributed by atoms with Crippen molar-refractivity contribution in [2.45, 2.75) is 20.1 Å². The molecule has 1 aliphatic rings. The molecule has 0 saturated carbocycles. The molecular weight excluding hydrogens is 488 g/mol. The Balaban J connectivity index is 1.44. The molecule has 1 saturated heterocycles. The lowest BCUT2D eigenvalue weighted by molar-refractivity contribution is -0.129. The lowest BCUT2D eigenvalue weighted by Crippen LogP contribution is -2.48. The average Bonchev–Trinajstić information content (AvgIpc) is 3.42. The highest BCUT2D eigenvalue weighted by molar-refractivity contribution is 6.32. The van der Waals surface area contributed by atoms with Gasteiger partial charge in [0.1, 0.15) is 24.7 Å². The number of anilines is 1. The number of carbonyl (C=O) groups excluding carboxylic acids is 1. The first-order valence-electron chi connectivity index (χ1n) is 12.3. The van der Waals surface area contributed by atoms with Crippen LogP contribution in [-0.4, -0.2) is 47.2 Å². The third-order valence-electron chi connectivity index (χ3n) is 6.46. The first-order valence-corrected chi connectivity index (χ1v) is 12.7. The number of nitrogens with one attached hydrogen (secondary N) is 1. The highest BCUT2D eigenvalue weighted by Gasteiger charge is 2.24. The molecule has 1 aromatic heterocycles. The first kappa shape index (κ1) is 24.7. The van der Waals surface area contributed by atoms with Gasteiger partial charge >= 0.3 is 0 Å².